The molecule has 21 heavy (non-hydrogen) atoms. The van der Waals surface area contributed by atoms with Gasteiger partial charge in [0.1, 0.15) is 11.6 Å². The second-order valence-electron chi connectivity index (χ2n) is 5.65. The van der Waals surface area contributed by atoms with E-state index in [2.05, 4.69) is 22.5 Å². The van der Waals surface area contributed by atoms with Crippen LogP contribution >= 0.6 is 0 Å². The molecule has 0 atom stereocenters. The zero-order valence-corrected chi connectivity index (χ0v) is 12.2. The highest BCUT2D eigenvalue weighted by atomic mass is 19.4. The number of halogens is 3. The quantitative estimate of drug-likeness (QED) is 0.895. The van der Waals surface area contributed by atoms with Gasteiger partial charge in [0.05, 0.1) is 5.56 Å². The lowest BCUT2D eigenvalue weighted by Crippen LogP contribution is -2.33. The fourth-order valence-electron chi connectivity index (χ4n) is 2.26. The number of alkyl halides is 3. The minimum absolute atomic E-state index is 0.0218. The number of aromatic nitrogens is 1. The minimum Gasteiger partial charge on any atom is -0.381 e. The van der Waals surface area contributed by atoms with Crippen LogP contribution in [0, 0.1) is 5.41 Å². The van der Waals surface area contributed by atoms with E-state index < -0.39 is 11.7 Å². The fraction of sp³-hybridized carbons (Fsp3) is 0.643. The van der Waals surface area contributed by atoms with Crippen LogP contribution in [0.15, 0.2) is 12.1 Å². The van der Waals surface area contributed by atoms with Gasteiger partial charge in [-0.2, -0.15) is 13.2 Å². The second kappa shape index (κ2) is 6.09. The number of pyridine rings is 1. The predicted octanol–water partition coefficient (Wildman–Crippen LogP) is 3.37. The van der Waals surface area contributed by atoms with Crippen LogP contribution in [0.25, 0.3) is 0 Å². The topological polar surface area (TPSA) is 46.2 Å². The van der Waals surface area contributed by atoms with E-state index in [9.17, 15) is 13.2 Å². The molecule has 2 heterocycles. The molecule has 1 aliphatic rings. The third-order valence-corrected chi connectivity index (χ3v) is 3.81. The summed E-state index contributed by atoms with van der Waals surface area (Å²) >= 11 is 0. The lowest BCUT2D eigenvalue weighted by Gasteiger charge is -2.33. The van der Waals surface area contributed by atoms with E-state index in [1.54, 1.807) is 7.05 Å². The van der Waals surface area contributed by atoms with Crippen LogP contribution in [0.5, 0.6) is 0 Å². The Morgan fingerprint density at radius 2 is 1.86 bits per heavy atom. The van der Waals surface area contributed by atoms with Gasteiger partial charge in [-0.25, -0.2) is 4.98 Å². The van der Waals surface area contributed by atoms with E-state index in [1.165, 1.54) is 0 Å². The summed E-state index contributed by atoms with van der Waals surface area (Å²) in [6, 6.07) is 2.05. The molecule has 118 valence electrons. The van der Waals surface area contributed by atoms with Crippen LogP contribution in [0.2, 0.25) is 0 Å². The van der Waals surface area contributed by atoms with Gasteiger partial charge in [0.2, 0.25) is 0 Å². The van der Waals surface area contributed by atoms with E-state index in [0.717, 1.165) is 25.0 Å². The van der Waals surface area contributed by atoms with Crippen molar-refractivity contribution in [3.8, 4) is 0 Å². The standard InChI is InChI=1S/C14H20F3N3O/c1-13(3-5-21-6-4-13)9-19-12-8-10(14(15,16)17)7-11(18-2)20-12/h7-8H,3-6,9H2,1-2H3,(H2,18,19,20). The van der Waals surface area contributed by atoms with Gasteiger partial charge in [-0.3, -0.25) is 0 Å². The summed E-state index contributed by atoms with van der Waals surface area (Å²) < 4.78 is 43.9. The summed E-state index contributed by atoms with van der Waals surface area (Å²) in [7, 11) is 1.55. The zero-order valence-electron chi connectivity index (χ0n) is 12.2. The van der Waals surface area contributed by atoms with Crippen LogP contribution in [0.4, 0.5) is 24.8 Å². The van der Waals surface area contributed by atoms with E-state index in [0.29, 0.717) is 19.8 Å². The molecule has 1 aromatic heterocycles. The predicted molar refractivity (Wildman–Crippen MR) is 75.4 cm³/mol. The molecule has 0 amide bonds. The zero-order chi connectivity index (χ0) is 15.5. The van der Waals surface area contributed by atoms with Gasteiger partial charge < -0.3 is 15.4 Å². The Morgan fingerprint density at radius 3 is 2.43 bits per heavy atom. The normalized spacial score (nSPS) is 18.3. The van der Waals surface area contributed by atoms with E-state index in [4.69, 9.17) is 4.74 Å². The van der Waals surface area contributed by atoms with Crippen LogP contribution in [0.3, 0.4) is 0 Å². The molecule has 0 saturated carbocycles. The molecule has 4 nitrogen and oxygen atoms in total. The highest BCUT2D eigenvalue weighted by Crippen LogP contribution is 2.33. The maximum absolute atomic E-state index is 12.9. The molecule has 0 aromatic carbocycles. The molecule has 0 bridgehead atoms. The summed E-state index contributed by atoms with van der Waals surface area (Å²) in [4.78, 5) is 4.13. The fourth-order valence-corrected chi connectivity index (χ4v) is 2.26. The Labute approximate surface area is 122 Å². The summed E-state index contributed by atoms with van der Waals surface area (Å²) in [6.07, 6.45) is -2.61. The number of nitrogens with zero attached hydrogens (tertiary/aromatic N) is 1. The number of hydrogen-bond donors (Lipinski definition) is 2. The van der Waals surface area contributed by atoms with Crippen molar-refractivity contribution < 1.29 is 17.9 Å². The molecule has 1 aliphatic heterocycles. The first kappa shape index (κ1) is 15.9. The molecule has 2 rings (SSSR count). The first-order valence-electron chi connectivity index (χ1n) is 6.91. The number of ether oxygens (including phenoxy) is 1. The van der Waals surface area contributed by atoms with Crippen molar-refractivity contribution in [3.63, 3.8) is 0 Å². The third kappa shape index (κ3) is 4.23. The Balaban J connectivity index is 2.12. The van der Waals surface area contributed by atoms with Crippen molar-refractivity contribution in [3.05, 3.63) is 17.7 Å². The van der Waals surface area contributed by atoms with Crippen molar-refractivity contribution in [1.29, 1.82) is 0 Å². The lowest BCUT2D eigenvalue weighted by molar-refractivity contribution is -0.137. The van der Waals surface area contributed by atoms with E-state index in [-0.39, 0.29) is 17.1 Å². The molecule has 1 aromatic rings. The van der Waals surface area contributed by atoms with Crippen molar-refractivity contribution in [2.45, 2.75) is 25.9 Å². The maximum atomic E-state index is 12.9. The molecule has 1 saturated heterocycles. The highest BCUT2D eigenvalue weighted by molar-refractivity contribution is 5.49. The molecule has 0 aliphatic carbocycles. The first-order valence-corrected chi connectivity index (χ1v) is 6.91. The molecule has 2 N–H and O–H groups in total. The van der Waals surface area contributed by atoms with Gasteiger partial charge in [-0.1, -0.05) is 6.92 Å². The largest absolute Gasteiger partial charge is 0.416 e. The smallest absolute Gasteiger partial charge is 0.381 e. The lowest BCUT2D eigenvalue weighted by atomic mass is 9.82. The van der Waals surface area contributed by atoms with Crippen molar-refractivity contribution >= 4 is 11.6 Å². The SMILES string of the molecule is CNc1cc(C(F)(F)F)cc(NCC2(C)CCOCC2)n1. The molecule has 7 heteroatoms. The number of hydrogen-bond acceptors (Lipinski definition) is 4. The van der Waals surface area contributed by atoms with Gasteiger partial charge in [-0.15, -0.1) is 0 Å². The molecule has 0 unspecified atom stereocenters. The molecule has 1 fully saturated rings. The van der Waals surface area contributed by atoms with Gasteiger partial charge in [0.25, 0.3) is 0 Å². The Bertz CT molecular complexity index is 485. The highest BCUT2D eigenvalue weighted by Gasteiger charge is 2.32. The van der Waals surface area contributed by atoms with Crippen molar-refractivity contribution in [2.24, 2.45) is 5.41 Å². The van der Waals surface area contributed by atoms with Gasteiger partial charge in [-0.05, 0) is 30.4 Å². The number of rotatable bonds is 4. The maximum Gasteiger partial charge on any atom is 0.416 e. The average Bonchev–Trinajstić information content (AvgIpc) is 2.45. The second-order valence-corrected chi connectivity index (χ2v) is 5.65. The van der Waals surface area contributed by atoms with Crippen LogP contribution < -0.4 is 10.6 Å². The van der Waals surface area contributed by atoms with Crippen molar-refractivity contribution in [2.75, 3.05) is 37.4 Å². The Hall–Kier alpha value is -1.50. The Morgan fingerprint density at radius 1 is 1.24 bits per heavy atom. The summed E-state index contributed by atoms with van der Waals surface area (Å²) in [5, 5.41) is 5.69. The van der Waals surface area contributed by atoms with Gasteiger partial charge in [0, 0.05) is 26.8 Å². The molecule has 0 spiro atoms. The van der Waals surface area contributed by atoms with Gasteiger partial charge >= 0.3 is 6.18 Å². The van der Waals surface area contributed by atoms with Gasteiger partial charge in [0.15, 0.2) is 0 Å². The summed E-state index contributed by atoms with van der Waals surface area (Å²) in [6.45, 7) is 4.06. The number of anilines is 2. The monoisotopic (exact) mass is 303 g/mol. The minimum atomic E-state index is -4.38. The van der Waals surface area contributed by atoms with Crippen LogP contribution in [-0.4, -0.2) is 31.8 Å². The molecule has 0 radical (unpaired) electrons. The average molecular weight is 303 g/mol. The third-order valence-electron chi connectivity index (χ3n) is 3.81. The summed E-state index contributed by atoms with van der Waals surface area (Å²) in [5.41, 5.74) is -0.685. The van der Waals surface area contributed by atoms with E-state index >= 15 is 0 Å². The molecular weight excluding hydrogens is 283 g/mol. The Kier molecular flexibility index (Phi) is 4.61. The van der Waals surface area contributed by atoms with Crippen LogP contribution in [-0.2, 0) is 10.9 Å². The van der Waals surface area contributed by atoms with Crippen molar-refractivity contribution in [1.82, 2.24) is 4.98 Å². The van der Waals surface area contributed by atoms with E-state index in [1.807, 2.05) is 0 Å². The first-order chi connectivity index (χ1) is 9.82. The summed E-state index contributed by atoms with van der Waals surface area (Å²) in [5.74, 6) is 0.436. The molecular formula is C14H20F3N3O. The number of nitrogens with one attached hydrogen (secondary N) is 2. The van der Waals surface area contributed by atoms with Crippen LogP contribution in [0.1, 0.15) is 25.3 Å².